The predicted molar refractivity (Wildman–Crippen MR) is 143 cm³/mol. The molecule has 0 radical (unpaired) electrons. The number of thiazole rings is 1. The van der Waals surface area contributed by atoms with Crippen molar-refractivity contribution < 1.29 is 19.4 Å². The molecule has 0 bridgehead atoms. The number of aromatic amines is 1. The fraction of sp³-hybridized carbons (Fsp3) is 0.500. The number of carbonyl (C=O) groups is 3. The van der Waals surface area contributed by atoms with Gasteiger partial charge in [-0.15, -0.1) is 11.3 Å². The van der Waals surface area contributed by atoms with Gasteiger partial charge in [-0.05, 0) is 57.6 Å². The maximum absolute atomic E-state index is 12.1. The third-order valence-electron chi connectivity index (χ3n) is 5.30. The van der Waals surface area contributed by atoms with Crippen LogP contribution in [0.2, 0.25) is 0 Å². The quantitative estimate of drug-likeness (QED) is 0.199. The van der Waals surface area contributed by atoms with Crippen LogP contribution in [0.25, 0.3) is 0 Å². The summed E-state index contributed by atoms with van der Waals surface area (Å²) < 4.78 is 0. The number of hydrogen-bond acceptors (Lipinski definition) is 7. The van der Waals surface area contributed by atoms with Gasteiger partial charge >= 0.3 is 0 Å². The lowest BCUT2D eigenvalue weighted by atomic mass is 10.1. The summed E-state index contributed by atoms with van der Waals surface area (Å²) in [5.74, 6) is -0.651. The van der Waals surface area contributed by atoms with E-state index in [2.05, 4.69) is 64.9 Å². The maximum Gasteiger partial charge on any atom is 0.239 e. The van der Waals surface area contributed by atoms with Gasteiger partial charge in [0.25, 0.3) is 0 Å². The topological polar surface area (TPSA) is 140 Å². The number of nitrogens with zero attached hydrogens (tertiary/aromatic N) is 1. The molecule has 0 aliphatic heterocycles. The van der Waals surface area contributed by atoms with Gasteiger partial charge in [-0.2, -0.15) is 0 Å². The smallest absolute Gasteiger partial charge is 0.239 e. The molecule has 0 aliphatic carbocycles. The van der Waals surface area contributed by atoms with Gasteiger partial charge in [0.1, 0.15) is 0 Å². The number of ketones is 1. The number of amides is 2. The van der Waals surface area contributed by atoms with Gasteiger partial charge in [-0.25, -0.2) is 9.97 Å². The lowest BCUT2D eigenvalue weighted by molar-refractivity contribution is -0.378. The number of rotatable bonds is 16. The van der Waals surface area contributed by atoms with E-state index in [9.17, 15) is 14.4 Å². The number of nitrogens with two attached hydrogens (primary N) is 1. The Hall–Kier alpha value is -3.11. The standard InChI is InChI=1S/C15H24N2.C11H16N4O3S/c1-4-6-15(17-13(3)5-2)8-7-14-9-11-16-12-10-14;12-3-1-2-8(15-9(17)6-13-7-16)10(18)11-14-4-5-19-11/h6,9-13,17H,4-5,7-8H2,1-3H3;4-5,7-8H,1-3,6,12H2,(H,13,16)(H,15,17)/p+1/b15-6+;/t13-;8-/m10/s1. The number of aromatic nitrogens is 2. The number of pyridine rings is 1. The molecule has 2 rings (SSSR count). The molecule has 2 atom stereocenters. The monoisotopic (exact) mass is 517 g/mol. The zero-order valence-corrected chi connectivity index (χ0v) is 22.4. The van der Waals surface area contributed by atoms with Gasteiger partial charge in [-0.3, -0.25) is 14.4 Å². The van der Waals surface area contributed by atoms with Crippen molar-refractivity contribution in [3.63, 3.8) is 0 Å². The second kappa shape index (κ2) is 19.1. The van der Waals surface area contributed by atoms with Crippen molar-refractivity contribution in [3.8, 4) is 0 Å². The van der Waals surface area contributed by atoms with E-state index < -0.39 is 11.9 Å². The molecular formula is C26H41N6O3S+. The molecule has 2 aromatic rings. The average Bonchev–Trinajstić information content (AvgIpc) is 3.44. The first kappa shape index (κ1) is 30.9. The first-order chi connectivity index (χ1) is 17.4. The third-order valence-corrected chi connectivity index (χ3v) is 6.09. The highest BCUT2D eigenvalue weighted by molar-refractivity contribution is 7.11. The van der Waals surface area contributed by atoms with E-state index in [1.54, 1.807) is 5.38 Å². The van der Waals surface area contributed by atoms with E-state index in [4.69, 9.17) is 5.73 Å². The second-order valence-electron chi connectivity index (χ2n) is 8.25. The van der Waals surface area contributed by atoms with E-state index in [1.807, 2.05) is 12.4 Å². The van der Waals surface area contributed by atoms with Crippen LogP contribution in [0, 0.1) is 0 Å². The van der Waals surface area contributed by atoms with Crippen LogP contribution >= 0.6 is 11.3 Å². The van der Waals surface area contributed by atoms with Crippen LogP contribution in [0.15, 0.2) is 47.9 Å². The van der Waals surface area contributed by atoms with Crippen molar-refractivity contribution >= 4 is 29.4 Å². The van der Waals surface area contributed by atoms with Crippen LogP contribution in [0.4, 0.5) is 0 Å². The summed E-state index contributed by atoms with van der Waals surface area (Å²) in [6.07, 6.45) is 13.8. The molecule has 36 heavy (non-hydrogen) atoms. The third kappa shape index (κ3) is 13.1. The molecule has 2 aromatic heterocycles. The zero-order valence-electron chi connectivity index (χ0n) is 21.6. The number of hydrogen-bond donors (Lipinski definition) is 4. The molecule has 0 saturated carbocycles. The fourth-order valence-corrected chi connectivity index (χ4v) is 3.86. The molecule has 198 valence electrons. The number of allylic oxidation sites excluding steroid dienone is 2. The fourth-order valence-electron chi connectivity index (χ4n) is 3.23. The summed E-state index contributed by atoms with van der Waals surface area (Å²) in [4.78, 5) is 40.7. The predicted octanol–water partition coefficient (Wildman–Crippen LogP) is 2.41. The number of H-pyrrole nitrogens is 1. The summed E-state index contributed by atoms with van der Waals surface area (Å²) in [5.41, 5.74) is 8.18. The number of aryl methyl sites for hydroxylation is 1. The van der Waals surface area contributed by atoms with Gasteiger partial charge in [0.05, 0.1) is 12.6 Å². The first-order valence-corrected chi connectivity index (χ1v) is 13.3. The minimum absolute atomic E-state index is 0.159. The van der Waals surface area contributed by atoms with Crippen molar-refractivity contribution in [1.82, 2.24) is 20.9 Å². The molecule has 2 amide bonds. The van der Waals surface area contributed by atoms with Crippen LogP contribution in [-0.4, -0.2) is 48.3 Å². The highest BCUT2D eigenvalue weighted by atomic mass is 32.1. The SMILES string of the molecule is CC/C=C(\CCc1cc[nH+]cc1)N[C@H](C)CC.NCCC[C@H](NC(=O)CNC=O)C(=O)c1nccs1. The molecule has 9 nitrogen and oxygen atoms in total. The number of nitrogens with one attached hydrogen (secondary N) is 4. The minimum atomic E-state index is -0.657. The molecular weight excluding hydrogens is 476 g/mol. The van der Waals surface area contributed by atoms with Gasteiger partial charge in [0.2, 0.25) is 18.1 Å². The van der Waals surface area contributed by atoms with Crippen molar-refractivity contribution in [2.45, 2.75) is 71.4 Å². The molecule has 10 heteroatoms. The molecule has 0 spiro atoms. The van der Waals surface area contributed by atoms with Crippen LogP contribution in [-0.2, 0) is 16.0 Å². The second-order valence-corrected chi connectivity index (χ2v) is 9.15. The Morgan fingerprint density at radius 1 is 1.22 bits per heavy atom. The Morgan fingerprint density at radius 3 is 2.56 bits per heavy atom. The van der Waals surface area contributed by atoms with Gasteiger partial charge in [0.15, 0.2) is 17.4 Å². The maximum atomic E-state index is 12.1. The Bertz CT molecular complexity index is 906. The summed E-state index contributed by atoms with van der Waals surface area (Å²) >= 11 is 1.22. The van der Waals surface area contributed by atoms with E-state index in [1.165, 1.54) is 35.2 Å². The van der Waals surface area contributed by atoms with E-state index in [0.29, 0.717) is 36.8 Å². The Morgan fingerprint density at radius 2 is 1.97 bits per heavy atom. The number of Topliss-reactive ketones (excluding diaryl/α,β-unsaturated/α-hetero) is 1. The molecule has 2 heterocycles. The van der Waals surface area contributed by atoms with E-state index in [0.717, 1.165) is 19.3 Å². The Labute approximate surface area is 218 Å². The van der Waals surface area contributed by atoms with E-state index in [-0.39, 0.29) is 12.3 Å². The first-order valence-electron chi connectivity index (χ1n) is 12.5. The molecule has 0 saturated heterocycles. The molecule has 6 N–H and O–H groups in total. The van der Waals surface area contributed by atoms with Crippen molar-refractivity contribution in [2.75, 3.05) is 13.1 Å². The van der Waals surface area contributed by atoms with Crippen LogP contribution < -0.4 is 26.7 Å². The molecule has 0 fully saturated rings. The van der Waals surface area contributed by atoms with Crippen LogP contribution in [0.3, 0.4) is 0 Å². The Kier molecular flexibility index (Phi) is 16.4. The lowest BCUT2D eigenvalue weighted by Crippen LogP contribution is -2.44. The van der Waals surface area contributed by atoms with Crippen molar-refractivity contribution in [3.05, 3.63) is 58.4 Å². The Balaban J connectivity index is 0.000000362. The van der Waals surface area contributed by atoms with Gasteiger partial charge in [0, 0.05) is 35.4 Å². The minimum Gasteiger partial charge on any atom is -0.386 e. The van der Waals surface area contributed by atoms with Crippen molar-refractivity contribution in [1.29, 1.82) is 0 Å². The summed E-state index contributed by atoms with van der Waals surface area (Å²) in [6.45, 7) is 6.92. The summed E-state index contributed by atoms with van der Waals surface area (Å²) in [6, 6.07) is 4.20. The van der Waals surface area contributed by atoms with Gasteiger partial charge < -0.3 is 21.7 Å². The summed E-state index contributed by atoms with van der Waals surface area (Å²) in [7, 11) is 0. The largest absolute Gasteiger partial charge is 0.386 e. The number of carbonyl (C=O) groups excluding carboxylic acids is 3. The molecule has 0 aromatic carbocycles. The van der Waals surface area contributed by atoms with Crippen LogP contribution in [0.1, 0.15) is 68.2 Å². The van der Waals surface area contributed by atoms with E-state index >= 15 is 0 Å². The normalized spacial score (nSPS) is 12.5. The molecule has 0 aliphatic rings. The molecule has 0 unspecified atom stereocenters. The van der Waals surface area contributed by atoms with Crippen LogP contribution in [0.5, 0.6) is 0 Å². The van der Waals surface area contributed by atoms with Crippen molar-refractivity contribution in [2.24, 2.45) is 5.73 Å². The average molecular weight is 518 g/mol. The highest BCUT2D eigenvalue weighted by Gasteiger charge is 2.23. The van der Waals surface area contributed by atoms with Gasteiger partial charge in [-0.1, -0.05) is 19.9 Å². The highest BCUT2D eigenvalue weighted by Crippen LogP contribution is 2.11. The summed E-state index contributed by atoms with van der Waals surface area (Å²) in [5, 5.41) is 10.5. The zero-order chi connectivity index (χ0) is 26.6. The lowest BCUT2D eigenvalue weighted by Gasteiger charge is -2.16.